The number of thiophene rings is 1. The zero-order valence-electron chi connectivity index (χ0n) is 12.0. The number of rotatable bonds is 7. The standard InChI is InChI=1S/C15H16FNO4S/c1-21-8-9-13-10(16)4-2-5-11(13)22-14(9)15(20)17-7-3-6-12(18)19/h2,4-5H,3,6-8H2,1H3,(H,17,20)(H,18,19). The monoisotopic (exact) mass is 325 g/mol. The van der Waals surface area contributed by atoms with Crippen LogP contribution in [-0.4, -0.2) is 30.6 Å². The lowest BCUT2D eigenvalue weighted by molar-refractivity contribution is -0.137. The van der Waals surface area contributed by atoms with Gasteiger partial charge in [0.2, 0.25) is 0 Å². The number of aliphatic carboxylic acids is 1. The molecule has 2 rings (SSSR count). The number of carbonyl (C=O) groups excluding carboxylic acids is 1. The van der Waals surface area contributed by atoms with Crippen molar-refractivity contribution < 1.29 is 23.8 Å². The molecule has 1 aromatic carbocycles. The first-order valence-electron chi connectivity index (χ1n) is 6.73. The van der Waals surface area contributed by atoms with E-state index in [2.05, 4.69) is 5.32 Å². The highest BCUT2D eigenvalue weighted by Gasteiger charge is 2.20. The SMILES string of the molecule is COCc1c(C(=O)NCCCC(=O)O)sc2cccc(F)c12. The van der Waals surface area contributed by atoms with E-state index in [1.54, 1.807) is 12.1 Å². The lowest BCUT2D eigenvalue weighted by atomic mass is 10.1. The van der Waals surface area contributed by atoms with E-state index in [1.807, 2.05) is 0 Å². The first kappa shape index (κ1) is 16.4. The van der Waals surface area contributed by atoms with Crippen molar-refractivity contribution in [1.29, 1.82) is 0 Å². The van der Waals surface area contributed by atoms with E-state index in [9.17, 15) is 14.0 Å². The molecule has 118 valence electrons. The molecule has 2 aromatic rings. The third-order valence-electron chi connectivity index (χ3n) is 3.11. The second kappa shape index (κ2) is 7.33. The zero-order valence-corrected chi connectivity index (χ0v) is 12.8. The summed E-state index contributed by atoms with van der Waals surface area (Å²) in [5, 5.41) is 11.6. The Balaban J connectivity index is 2.22. The number of halogens is 1. The first-order valence-corrected chi connectivity index (χ1v) is 7.55. The topological polar surface area (TPSA) is 75.6 Å². The van der Waals surface area contributed by atoms with E-state index in [4.69, 9.17) is 9.84 Å². The van der Waals surface area contributed by atoms with Gasteiger partial charge in [0.15, 0.2) is 0 Å². The van der Waals surface area contributed by atoms with Crippen LogP contribution in [0.5, 0.6) is 0 Å². The van der Waals surface area contributed by atoms with Gasteiger partial charge in [0.05, 0.1) is 11.5 Å². The van der Waals surface area contributed by atoms with Crippen LogP contribution in [0.4, 0.5) is 4.39 Å². The maximum atomic E-state index is 14.0. The fraction of sp³-hybridized carbons (Fsp3) is 0.333. The Hall–Kier alpha value is -1.99. The maximum absolute atomic E-state index is 14.0. The van der Waals surface area contributed by atoms with E-state index in [0.29, 0.717) is 26.9 Å². The highest BCUT2D eigenvalue weighted by molar-refractivity contribution is 7.21. The number of carboxylic acids is 1. The predicted molar refractivity (Wildman–Crippen MR) is 81.7 cm³/mol. The normalized spacial score (nSPS) is 10.8. The van der Waals surface area contributed by atoms with Crippen LogP contribution < -0.4 is 5.32 Å². The summed E-state index contributed by atoms with van der Waals surface area (Å²) in [4.78, 5) is 23.1. The third-order valence-corrected chi connectivity index (χ3v) is 4.31. The van der Waals surface area contributed by atoms with E-state index >= 15 is 0 Å². The Morgan fingerprint density at radius 3 is 2.86 bits per heavy atom. The van der Waals surface area contributed by atoms with Crippen LogP contribution in [0.1, 0.15) is 28.1 Å². The van der Waals surface area contributed by atoms with Gasteiger partial charge in [-0.15, -0.1) is 11.3 Å². The number of amides is 1. The quantitative estimate of drug-likeness (QED) is 0.768. The average Bonchev–Trinajstić information content (AvgIpc) is 2.84. The molecule has 0 saturated heterocycles. The number of hydrogen-bond acceptors (Lipinski definition) is 4. The Morgan fingerprint density at radius 2 is 2.18 bits per heavy atom. The van der Waals surface area contributed by atoms with Crippen molar-refractivity contribution in [3.63, 3.8) is 0 Å². The number of nitrogens with one attached hydrogen (secondary N) is 1. The van der Waals surface area contributed by atoms with Crippen LogP contribution in [0.25, 0.3) is 10.1 Å². The summed E-state index contributed by atoms with van der Waals surface area (Å²) in [6.07, 6.45) is 0.339. The third kappa shape index (κ3) is 3.61. The average molecular weight is 325 g/mol. The van der Waals surface area contributed by atoms with E-state index in [0.717, 1.165) is 0 Å². The highest BCUT2D eigenvalue weighted by atomic mass is 32.1. The second-order valence-electron chi connectivity index (χ2n) is 4.71. The van der Waals surface area contributed by atoms with Crippen molar-refractivity contribution in [1.82, 2.24) is 5.32 Å². The Morgan fingerprint density at radius 1 is 1.41 bits per heavy atom. The predicted octanol–water partition coefficient (Wildman–Crippen LogP) is 2.78. The smallest absolute Gasteiger partial charge is 0.303 e. The second-order valence-corrected chi connectivity index (χ2v) is 5.76. The molecule has 0 aliphatic rings. The van der Waals surface area contributed by atoms with Crippen LogP contribution in [-0.2, 0) is 16.1 Å². The molecule has 0 atom stereocenters. The van der Waals surface area contributed by atoms with Gasteiger partial charge in [0, 0.05) is 35.7 Å². The van der Waals surface area contributed by atoms with Crippen LogP contribution in [0.3, 0.4) is 0 Å². The van der Waals surface area contributed by atoms with Crippen molar-refractivity contribution in [2.24, 2.45) is 0 Å². The van der Waals surface area contributed by atoms with Gasteiger partial charge in [-0.25, -0.2) is 4.39 Å². The first-order chi connectivity index (χ1) is 10.5. The maximum Gasteiger partial charge on any atom is 0.303 e. The minimum atomic E-state index is -0.904. The number of carbonyl (C=O) groups is 2. The molecule has 0 radical (unpaired) electrons. The van der Waals surface area contributed by atoms with Crippen LogP contribution in [0.15, 0.2) is 18.2 Å². The fourth-order valence-electron chi connectivity index (χ4n) is 2.15. The minimum absolute atomic E-state index is 0.00769. The Bertz CT molecular complexity index is 698. The Kier molecular flexibility index (Phi) is 5.46. The zero-order chi connectivity index (χ0) is 16.1. The van der Waals surface area contributed by atoms with Gasteiger partial charge in [-0.1, -0.05) is 6.07 Å². The van der Waals surface area contributed by atoms with E-state index in [1.165, 1.54) is 24.5 Å². The molecule has 1 aromatic heterocycles. The molecule has 0 bridgehead atoms. The van der Waals surface area contributed by atoms with E-state index < -0.39 is 5.97 Å². The number of fused-ring (bicyclic) bond motifs is 1. The molecule has 2 N–H and O–H groups in total. The molecule has 7 heteroatoms. The molecule has 0 aliphatic heterocycles. The van der Waals surface area contributed by atoms with Crippen LogP contribution in [0, 0.1) is 5.82 Å². The fourth-order valence-corrected chi connectivity index (χ4v) is 3.29. The van der Waals surface area contributed by atoms with Crippen LogP contribution >= 0.6 is 11.3 Å². The summed E-state index contributed by atoms with van der Waals surface area (Å²) in [6.45, 7) is 0.396. The largest absolute Gasteiger partial charge is 0.481 e. The number of hydrogen-bond donors (Lipinski definition) is 2. The lowest BCUT2D eigenvalue weighted by Gasteiger charge is -2.05. The molecule has 5 nitrogen and oxygen atoms in total. The molecular formula is C15H16FNO4S. The van der Waals surface area contributed by atoms with Gasteiger partial charge in [-0.2, -0.15) is 0 Å². The summed E-state index contributed by atoms with van der Waals surface area (Å²) < 4.78 is 19.8. The molecule has 22 heavy (non-hydrogen) atoms. The lowest BCUT2D eigenvalue weighted by Crippen LogP contribution is -2.25. The van der Waals surface area contributed by atoms with Crippen LogP contribution in [0.2, 0.25) is 0 Å². The summed E-state index contributed by atoms with van der Waals surface area (Å²) in [7, 11) is 1.49. The van der Waals surface area contributed by atoms with Crippen molar-refractivity contribution >= 4 is 33.3 Å². The van der Waals surface area contributed by atoms with Gasteiger partial charge < -0.3 is 15.2 Å². The van der Waals surface area contributed by atoms with Crippen molar-refractivity contribution in [3.05, 3.63) is 34.5 Å². The van der Waals surface area contributed by atoms with Gasteiger partial charge in [-0.05, 0) is 18.6 Å². The Labute approximate surface area is 130 Å². The van der Waals surface area contributed by atoms with E-state index in [-0.39, 0.29) is 31.3 Å². The summed E-state index contributed by atoms with van der Waals surface area (Å²) >= 11 is 1.20. The molecule has 0 saturated carbocycles. The number of ether oxygens (including phenoxy) is 1. The molecular weight excluding hydrogens is 309 g/mol. The molecule has 0 unspecified atom stereocenters. The number of carboxylic acid groups (broad SMARTS) is 1. The van der Waals surface area contributed by atoms with Gasteiger partial charge in [0.1, 0.15) is 5.82 Å². The number of benzene rings is 1. The van der Waals surface area contributed by atoms with Crippen molar-refractivity contribution in [3.8, 4) is 0 Å². The minimum Gasteiger partial charge on any atom is -0.481 e. The summed E-state index contributed by atoms with van der Waals surface area (Å²) in [6, 6.07) is 4.70. The molecule has 0 fully saturated rings. The van der Waals surface area contributed by atoms with Gasteiger partial charge >= 0.3 is 5.97 Å². The molecule has 1 amide bonds. The van der Waals surface area contributed by atoms with Gasteiger partial charge in [-0.3, -0.25) is 9.59 Å². The van der Waals surface area contributed by atoms with Crippen molar-refractivity contribution in [2.45, 2.75) is 19.4 Å². The summed E-state index contributed by atoms with van der Waals surface area (Å²) in [5.74, 6) is -1.62. The molecule has 1 heterocycles. The number of methoxy groups -OCH3 is 1. The molecule has 0 aliphatic carbocycles. The summed E-state index contributed by atoms with van der Waals surface area (Å²) in [5.41, 5.74) is 0.524. The highest BCUT2D eigenvalue weighted by Crippen LogP contribution is 2.33. The van der Waals surface area contributed by atoms with Gasteiger partial charge in [0.25, 0.3) is 5.91 Å². The molecule has 0 spiro atoms. The van der Waals surface area contributed by atoms with Crippen molar-refractivity contribution in [2.75, 3.05) is 13.7 Å².